The molecule has 0 spiro atoms. The van der Waals surface area contributed by atoms with Crippen LogP contribution < -0.4 is 0 Å². The number of unbranched alkanes of at least 4 members (excludes halogenated alkanes) is 1. The Morgan fingerprint density at radius 2 is 2.00 bits per heavy atom. The van der Waals surface area contributed by atoms with Gasteiger partial charge < -0.3 is 0 Å². The molecule has 0 fully saturated rings. The van der Waals surface area contributed by atoms with Gasteiger partial charge in [-0.15, -0.1) is 24.8 Å². The molecule has 0 radical (unpaired) electrons. The zero-order valence-electron chi connectivity index (χ0n) is 10.2. The van der Waals surface area contributed by atoms with Gasteiger partial charge in [0.15, 0.2) is 0 Å². The summed E-state index contributed by atoms with van der Waals surface area (Å²) in [5, 5.41) is 1.51. The molecular weight excluding hydrogens is 295 g/mol. The van der Waals surface area contributed by atoms with E-state index < -0.39 is 8.32 Å². The minimum atomic E-state index is -1.58. The number of halogens is 2. The number of hydrogen-bond acceptors (Lipinski definition) is 1. The Kier molecular flexibility index (Phi) is 10.8. The molecule has 5 heteroatoms. The van der Waals surface area contributed by atoms with Gasteiger partial charge in [0.05, 0.1) is 0 Å². The van der Waals surface area contributed by atoms with Crippen LogP contribution in [0.4, 0.5) is 0 Å². The van der Waals surface area contributed by atoms with Crippen LogP contribution in [0.15, 0.2) is 21.2 Å². The molecule has 0 atom stereocenters. The molecule has 0 N–H and O–H groups in total. The van der Waals surface area contributed by atoms with Gasteiger partial charge in [-0.3, -0.25) is 0 Å². The fourth-order valence-electron chi connectivity index (χ4n) is 1.62. The molecule has 1 rings (SSSR count). The van der Waals surface area contributed by atoms with Crippen molar-refractivity contribution in [2.45, 2.75) is 39.3 Å². The maximum Gasteiger partial charge on any atom is -0.147 e. The zero-order valence-corrected chi connectivity index (χ0v) is 14.4. The fourth-order valence-corrected chi connectivity index (χ4v) is 5.50. The quantitative estimate of drug-likeness (QED) is 0.547. The van der Waals surface area contributed by atoms with Gasteiger partial charge in [-0.25, -0.2) is 0 Å². The molecule has 0 saturated heterocycles. The van der Waals surface area contributed by atoms with Crippen LogP contribution in [-0.4, -0.2) is 14.9 Å². The molecule has 0 saturated carbocycles. The largest absolute Gasteiger partial charge is 0.147 e. The first-order valence-electron chi connectivity index (χ1n) is 5.33. The summed E-state index contributed by atoms with van der Waals surface area (Å²) in [6, 6.07) is 0. The topological polar surface area (TPSA) is 9.23 Å². The second-order valence-corrected chi connectivity index (χ2v) is 9.00. The number of rotatable bonds is 5. The third-order valence-corrected chi connectivity index (χ3v) is 6.36. The Hall–Kier alpha value is 0.951. The SMILES string of the molecule is CCCCO[Si](C)(C)C1=[C]([Ti])CC=C1.Cl.Cl. The summed E-state index contributed by atoms with van der Waals surface area (Å²) in [5.41, 5.74) is 0. The van der Waals surface area contributed by atoms with Crippen LogP contribution in [0.5, 0.6) is 0 Å². The van der Waals surface area contributed by atoms with Crippen LogP contribution in [0, 0.1) is 0 Å². The first-order chi connectivity index (χ1) is 6.58. The molecular formula is C11H21Cl2OSiTi. The van der Waals surface area contributed by atoms with E-state index in [0.29, 0.717) is 0 Å². The molecule has 0 aromatic rings. The van der Waals surface area contributed by atoms with Gasteiger partial charge in [0.25, 0.3) is 0 Å². The van der Waals surface area contributed by atoms with E-state index in [9.17, 15) is 0 Å². The first kappa shape index (κ1) is 19.3. The van der Waals surface area contributed by atoms with E-state index in [4.69, 9.17) is 4.43 Å². The Morgan fingerprint density at radius 3 is 2.44 bits per heavy atom. The Bertz CT molecular complexity index is 265. The summed E-state index contributed by atoms with van der Waals surface area (Å²) in [4.78, 5) is 0. The number of allylic oxidation sites excluding steroid dienone is 4. The zero-order chi connectivity index (χ0) is 10.6. The Morgan fingerprint density at radius 1 is 1.38 bits per heavy atom. The monoisotopic (exact) mass is 315 g/mol. The minimum Gasteiger partial charge on any atom is -0.147 e. The molecule has 1 aliphatic carbocycles. The molecule has 0 bridgehead atoms. The molecule has 1 aliphatic rings. The average Bonchev–Trinajstić information content (AvgIpc) is 2.52. The summed E-state index contributed by atoms with van der Waals surface area (Å²) in [6.45, 7) is 7.74. The maximum atomic E-state index is 6.05. The summed E-state index contributed by atoms with van der Waals surface area (Å²) in [5.74, 6) is 0. The van der Waals surface area contributed by atoms with Gasteiger partial charge >= 0.3 is 100 Å². The maximum absolute atomic E-state index is 6.05. The van der Waals surface area contributed by atoms with E-state index in [2.05, 4.69) is 52.6 Å². The summed E-state index contributed by atoms with van der Waals surface area (Å²) in [6.07, 6.45) is 8.06. The standard InChI is InChI=1S/C11H19OSi.2ClH.Ti/c1-4-5-10-12-13(2,3)11-8-6-7-9-11;;;/h6,8H,4-5,7,10H2,1-3H3;2*1H;. The van der Waals surface area contributed by atoms with E-state index in [1.165, 1.54) is 21.9 Å². The van der Waals surface area contributed by atoms with Gasteiger partial charge in [-0.2, -0.15) is 0 Å². The molecule has 16 heavy (non-hydrogen) atoms. The van der Waals surface area contributed by atoms with Crippen molar-refractivity contribution < 1.29 is 24.9 Å². The minimum absolute atomic E-state index is 0. The van der Waals surface area contributed by atoms with Crippen LogP contribution in [0.1, 0.15) is 26.2 Å². The van der Waals surface area contributed by atoms with Crippen molar-refractivity contribution in [2.75, 3.05) is 6.61 Å². The van der Waals surface area contributed by atoms with Crippen molar-refractivity contribution in [3.8, 4) is 0 Å². The van der Waals surface area contributed by atoms with Crippen molar-refractivity contribution in [3.63, 3.8) is 0 Å². The predicted octanol–water partition coefficient (Wildman–Crippen LogP) is 4.15. The molecule has 0 amide bonds. The van der Waals surface area contributed by atoms with E-state index in [-0.39, 0.29) is 24.8 Å². The van der Waals surface area contributed by atoms with Gasteiger partial charge in [-0.05, 0) is 0 Å². The average molecular weight is 316 g/mol. The van der Waals surface area contributed by atoms with Crippen LogP contribution in [0.3, 0.4) is 0 Å². The first-order valence-corrected chi connectivity index (χ1v) is 9.02. The molecule has 0 unspecified atom stereocenters. The molecule has 1 nitrogen and oxygen atoms in total. The van der Waals surface area contributed by atoms with Gasteiger partial charge in [0.2, 0.25) is 0 Å². The Balaban J connectivity index is 0. The van der Waals surface area contributed by atoms with Crippen molar-refractivity contribution in [3.05, 3.63) is 21.2 Å². The van der Waals surface area contributed by atoms with Crippen LogP contribution in [0.2, 0.25) is 13.1 Å². The second-order valence-electron chi connectivity index (χ2n) is 4.21. The number of hydrogen-bond donors (Lipinski definition) is 0. The third-order valence-electron chi connectivity index (χ3n) is 2.54. The van der Waals surface area contributed by atoms with Crippen molar-refractivity contribution in [1.82, 2.24) is 0 Å². The molecule has 0 aromatic heterocycles. The summed E-state index contributed by atoms with van der Waals surface area (Å²) >= 11 is 2.23. The van der Waals surface area contributed by atoms with Crippen LogP contribution in [0.25, 0.3) is 0 Å². The van der Waals surface area contributed by atoms with Gasteiger partial charge in [0.1, 0.15) is 0 Å². The fraction of sp³-hybridized carbons (Fsp3) is 0.636. The third kappa shape index (κ3) is 5.52. The van der Waals surface area contributed by atoms with Crippen molar-refractivity contribution in [2.24, 2.45) is 0 Å². The normalized spacial score (nSPS) is 14.6. The molecule has 0 aromatic carbocycles. The molecule has 93 valence electrons. The summed E-state index contributed by atoms with van der Waals surface area (Å²) < 4.78 is 7.57. The molecule has 0 heterocycles. The second kappa shape index (κ2) is 8.96. The van der Waals surface area contributed by atoms with Gasteiger partial charge in [-0.1, -0.05) is 0 Å². The van der Waals surface area contributed by atoms with Gasteiger partial charge in [0, 0.05) is 0 Å². The van der Waals surface area contributed by atoms with Crippen molar-refractivity contribution in [1.29, 1.82) is 0 Å². The Labute approximate surface area is 124 Å². The summed E-state index contributed by atoms with van der Waals surface area (Å²) in [7, 11) is -1.58. The predicted molar refractivity (Wildman–Crippen MR) is 73.6 cm³/mol. The van der Waals surface area contributed by atoms with E-state index >= 15 is 0 Å². The van der Waals surface area contributed by atoms with E-state index in [1.807, 2.05) is 0 Å². The smallest absolute Gasteiger partial charge is 0.147 e. The van der Waals surface area contributed by atoms with Crippen molar-refractivity contribution >= 4 is 33.1 Å². The van der Waals surface area contributed by atoms with Crippen LogP contribution in [-0.2, 0) is 24.9 Å². The van der Waals surface area contributed by atoms with Crippen LogP contribution >= 0.6 is 24.8 Å². The van der Waals surface area contributed by atoms with E-state index in [1.54, 1.807) is 0 Å². The molecule has 0 aliphatic heterocycles. The van der Waals surface area contributed by atoms with E-state index in [0.717, 1.165) is 13.0 Å².